The summed E-state index contributed by atoms with van der Waals surface area (Å²) in [4.78, 5) is 12.8. The Morgan fingerprint density at radius 2 is 1.60 bits per heavy atom. The molecule has 0 aromatic carbocycles. The third kappa shape index (κ3) is 3.07. The van der Waals surface area contributed by atoms with E-state index in [9.17, 15) is 25.2 Å². The molecule has 5 heteroatoms. The van der Waals surface area contributed by atoms with E-state index < -0.39 is 29.0 Å². The molecule has 0 aromatic heterocycles. The van der Waals surface area contributed by atoms with E-state index in [0.29, 0.717) is 12.3 Å². The highest BCUT2D eigenvalue weighted by atomic mass is 16.4. The Balaban J connectivity index is 1.61. The minimum absolute atomic E-state index is 0.00698. The van der Waals surface area contributed by atoms with E-state index in [1.54, 1.807) is 0 Å². The first-order valence-corrected chi connectivity index (χ1v) is 14.0. The van der Waals surface area contributed by atoms with Crippen LogP contribution in [-0.2, 0) is 4.79 Å². The van der Waals surface area contributed by atoms with Crippen LogP contribution in [0.25, 0.3) is 0 Å². The Bertz CT molecular complexity index is 941. The lowest BCUT2D eigenvalue weighted by molar-refractivity contribution is -0.243. The molecular weight excluding hydrogens is 440 g/mol. The SMILES string of the molecule is CC1(C)CC[C@@]2(C(=O)O)CC[C@@]3(C)C(=CC[C@H]4[C@]5(C)C[C@@H](O)[C@@H](O)[C@](C)(CO)[C@H]5CC[C@@]43C)[C@H]2C1. The highest BCUT2D eigenvalue weighted by Crippen LogP contribution is 2.75. The van der Waals surface area contributed by atoms with Gasteiger partial charge in [-0.15, -0.1) is 0 Å². The summed E-state index contributed by atoms with van der Waals surface area (Å²) in [6.07, 6.45) is 8.40. The summed E-state index contributed by atoms with van der Waals surface area (Å²) in [6.45, 7) is 13.6. The Kier molecular flexibility index (Phi) is 5.56. The highest BCUT2D eigenvalue weighted by Gasteiger charge is 2.70. The molecule has 0 amide bonds. The molecule has 5 aliphatic rings. The molecule has 4 N–H and O–H groups in total. The molecule has 0 saturated heterocycles. The zero-order valence-electron chi connectivity index (χ0n) is 22.7. The summed E-state index contributed by atoms with van der Waals surface area (Å²) >= 11 is 0. The van der Waals surface area contributed by atoms with E-state index in [-0.39, 0.29) is 40.1 Å². The van der Waals surface area contributed by atoms with Gasteiger partial charge in [0.15, 0.2) is 0 Å². The number of aliphatic hydroxyl groups excluding tert-OH is 3. The van der Waals surface area contributed by atoms with E-state index in [1.807, 2.05) is 6.92 Å². The normalized spacial score (nSPS) is 55.0. The molecule has 5 rings (SSSR count). The molecule has 0 radical (unpaired) electrons. The van der Waals surface area contributed by atoms with Gasteiger partial charge in [-0.05, 0) is 97.2 Å². The molecule has 10 atom stereocenters. The van der Waals surface area contributed by atoms with Crippen LogP contribution in [0.2, 0.25) is 0 Å². The lowest BCUT2D eigenvalue weighted by Gasteiger charge is -2.71. The summed E-state index contributed by atoms with van der Waals surface area (Å²) < 4.78 is 0. The van der Waals surface area contributed by atoms with Crippen molar-refractivity contribution in [2.24, 2.45) is 50.2 Å². The minimum Gasteiger partial charge on any atom is -0.481 e. The van der Waals surface area contributed by atoms with Gasteiger partial charge in [0.05, 0.1) is 24.2 Å². The highest BCUT2D eigenvalue weighted by molar-refractivity contribution is 5.76. The van der Waals surface area contributed by atoms with E-state index in [1.165, 1.54) is 5.57 Å². The average molecular weight is 489 g/mol. The van der Waals surface area contributed by atoms with Gasteiger partial charge in [-0.2, -0.15) is 0 Å². The number of hydrogen-bond acceptors (Lipinski definition) is 4. The number of carboxylic acids is 1. The molecule has 35 heavy (non-hydrogen) atoms. The lowest BCUT2D eigenvalue weighted by atomic mass is 9.33. The summed E-state index contributed by atoms with van der Waals surface area (Å²) in [5.74, 6) is -0.0472. The van der Waals surface area contributed by atoms with Crippen molar-refractivity contribution in [3.63, 3.8) is 0 Å². The van der Waals surface area contributed by atoms with Crippen LogP contribution >= 0.6 is 0 Å². The molecular formula is C30H48O5. The van der Waals surface area contributed by atoms with Crippen LogP contribution in [-0.4, -0.2) is 45.2 Å². The Morgan fingerprint density at radius 1 is 0.943 bits per heavy atom. The van der Waals surface area contributed by atoms with Crippen LogP contribution in [0.4, 0.5) is 0 Å². The maximum absolute atomic E-state index is 12.8. The second kappa shape index (κ2) is 7.57. The molecule has 5 nitrogen and oxygen atoms in total. The first-order chi connectivity index (χ1) is 16.1. The second-order valence-electron chi connectivity index (χ2n) is 15.1. The summed E-state index contributed by atoms with van der Waals surface area (Å²) in [5.41, 5.74) is -0.0632. The largest absolute Gasteiger partial charge is 0.481 e. The molecule has 0 heterocycles. The van der Waals surface area contributed by atoms with Gasteiger partial charge in [-0.1, -0.05) is 53.2 Å². The maximum Gasteiger partial charge on any atom is 0.310 e. The monoisotopic (exact) mass is 488 g/mol. The zero-order valence-corrected chi connectivity index (χ0v) is 22.7. The number of rotatable bonds is 2. The van der Waals surface area contributed by atoms with Crippen LogP contribution in [0.15, 0.2) is 11.6 Å². The van der Waals surface area contributed by atoms with Gasteiger partial charge >= 0.3 is 5.97 Å². The third-order valence-electron chi connectivity index (χ3n) is 13.2. The topological polar surface area (TPSA) is 98.0 Å². The molecule has 5 aliphatic carbocycles. The minimum atomic E-state index is -0.907. The van der Waals surface area contributed by atoms with Gasteiger partial charge in [-0.25, -0.2) is 0 Å². The number of hydrogen-bond donors (Lipinski definition) is 4. The Hall–Kier alpha value is -0.910. The average Bonchev–Trinajstić information content (AvgIpc) is 2.77. The van der Waals surface area contributed by atoms with Gasteiger partial charge in [0.1, 0.15) is 0 Å². The van der Waals surface area contributed by atoms with Crippen molar-refractivity contribution < 1.29 is 25.2 Å². The number of allylic oxidation sites excluding steroid dienone is 2. The van der Waals surface area contributed by atoms with Crippen molar-refractivity contribution >= 4 is 5.97 Å². The number of aliphatic carboxylic acids is 1. The van der Waals surface area contributed by atoms with Crippen LogP contribution < -0.4 is 0 Å². The van der Waals surface area contributed by atoms with Crippen LogP contribution in [0.1, 0.15) is 99.3 Å². The molecule has 0 aliphatic heterocycles. The van der Waals surface area contributed by atoms with Crippen molar-refractivity contribution in [2.45, 2.75) is 112 Å². The van der Waals surface area contributed by atoms with Gasteiger partial charge < -0.3 is 20.4 Å². The van der Waals surface area contributed by atoms with E-state index in [4.69, 9.17) is 0 Å². The molecule has 0 unspecified atom stereocenters. The quantitative estimate of drug-likeness (QED) is 0.402. The van der Waals surface area contributed by atoms with E-state index in [0.717, 1.165) is 51.4 Å². The Morgan fingerprint density at radius 3 is 2.23 bits per heavy atom. The first kappa shape index (κ1) is 25.7. The third-order valence-corrected chi connectivity index (χ3v) is 13.2. The lowest BCUT2D eigenvalue weighted by Crippen LogP contribution is -2.68. The zero-order chi connectivity index (χ0) is 25.8. The molecule has 0 bridgehead atoms. The maximum atomic E-state index is 12.8. The standard InChI is InChI=1S/C30H48O5/c1-25(2)11-13-30(24(34)35)14-12-28(5)18(19(30)15-25)7-8-22-26(3)16-20(32)23(33)27(4,17-31)21(26)9-10-29(22,28)6/h7,19-23,31-33H,8-17H2,1-6H3,(H,34,35)/t19-,20-,21+,22+,23-,26-,27-,28+,29+,30-/m1/s1. The van der Waals surface area contributed by atoms with Crippen molar-refractivity contribution in [2.75, 3.05) is 6.61 Å². The first-order valence-electron chi connectivity index (χ1n) is 14.0. The molecule has 0 spiro atoms. The fourth-order valence-corrected chi connectivity index (χ4v) is 10.8. The number of fused-ring (bicyclic) bond motifs is 7. The van der Waals surface area contributed by atoms with Crippen LogP contribution in [0.5, 0.6) is 0 Å². The predicted molar refractivity (Wildman–Crippen MR) is 135 cm³/mol. The second-order valence-corrected chi connectivity index (χ2v) is 15.1. The van der Waals surface area contributed by atoms with Crippen LogP contribution in [0.3, 0.4) is 0 Å². The number of carboxylic acid groups (broad SMARTS) is 1. The summed E-state index contributed by atoms with van der Waals surface area (Å²) in [7, 11) is 0. The summed E-state index contributed by atoms with van der Waals surface area (Å²) in [5, 5.41) is 42.8. The van der Waals surface area contributed by atoms with Gasteiger partial charge in [0.25, 0.3) is 0 Å². The molecule has 198 valence electrons. The van der Waals surface area contributed by atoms with Crippen molar-refractivity contribution in [3.05, 3.63) is 11.6 Å². The fraction of sp³-hybridized carbons (Fsp3) is 0.900. The summed E-state index contributed by atoms with van der Waals surface area (Å²) in [6, 6.07) is 0. The van der Waals surface area contributed by atoms with Crippen molar-refractivity contribution in [3.8, 4) is 0 Å². The molecule has 4 fully saturated rings. The number of carbonyl (C=O) groups is 1. The van der Waals surface area contributed by atoms with Gasteiger partial charge in [-0.3, -0.25) is 4.79 Å². The van der Waals surface area contributed by atoms with Gasteiger partial charge in [0, 0.05) is 5.41 Å². The van der Waals surface area contributed by atoms with E-state index in [2.05, 4.69) is 40.7 Å². The molecule has 0 aromatic rings. The smallest absolute Gasteiger partial charge is 0.310 e. The predicted octanol–water partition coefficient (Wildman–Crippen LogP) is 5.18. The van der Waals surface area contributed by atoms with E-state index >= 15 is 0 Å². The fourth-order valence-electron chi connectivity index (χ4n) is 10.8. The Labute approximate surface area is 211 Å². The molecule has 4 saturated carbocycles. The van der Waals surface area contributed by atoms with Crippen molar-refractivity contribution in [1.82, 2.24) is 0 Å². The van der Waals surface area contributed by atoms with Crippen LogP contribution in [0, 0.1) is 50.2 Å². The van der Waals surface area contributed by atoms with Crippen molar-refractivity contribution in [1.29, 1.82) is 0 Å². The number of aliphatic hydroxyl groups is 3. The van der Waals surface area contributed by atoms with Gasteiger partial charge in [0.2, 0.25) is 0 Å².